The van der Waals surface area contributed by atoms with Crippen LogP contribution in [0, 0.1) is 6.92 Å². The zero-order valence-corrected chi connectivity index (χ0v) is 19.4. The van der Waals surface area contributed by atoms with Crippen molar-refractivity contribution < 1.29 is 4.79 Å². The molecule has 0 saturated heterocycles. The number of nitrogens with zero attached hydrogens (tertiary/aromatic N) is 3. The van der Waals surface area contributed by atoms with Crippen molar-refractivity contribution in [3.8, 4) is 0 Å². The monoisotopic (exact) mass is 447 g/mol. The maximum atomic E-state index is 13.0. The lowest BCUT2D eigenvalue weighted by molar-refractivity contribution is -0.118. The molecule has 0 spiro atoms. The lowest BCUT2D eigenvalue weighted by atomic mass is 10.2. The summed E-state index contributed by atoms with van der Waals surface area (Å²) in [6.07, 6.45) is 1.39. The highest BCUT2D eigenvalue weighted by molar-refractivity contribution is 7.99. The zero-order chi connectivity index (χ0) is 20.8. The molecule has 0 aliphatic rings. The van der Waals surface area contributed by atoms with Gasteiger partial charge in [0.05, 0.1) is 10.2 Å². The number of thioether (sulfide) groups is 1. The molecule has 0 radical (unpaired) electrons. The maximum Gasteiger partial charge on any atom is 0.229 e. The summed E-state index contributed by atoms with van der Waals surface area (Å²) in [6.45, 7) is 3.67. The van der Waals surface area contributed by atoms with Gasteiger partial charge in [-0.15, -0.1) is 11.8 Å². The molecule has 0 aliphatic carbocycles. The van der Waals surface area contributed by atoms with E-state index in [1.54, 1.807) is 11.8 Å². The summed E-state index contributed by atoms with van der Waals surface area (Å²) in [7, 11) is 4.09. The molecular weight excluding hydrogens is 422 g/mol. The van der Waals surface area contributed by atoms with Gasteiger partial charge >= 0.3 is 0 Å². The highest BCUT2D eigenvalue weighted by Gasteiger charge is 2.19. The summed E-state index contributed by atoms with van der Waals surface area (Å²) in [4.78, 5) is 22.9. The number of rotatable bonds is 9. The molecule has 0 unspecified atom stereocenters. The number of fused-ring (bicyclic) bond motifs is 1. The standard InChI is InChI=1S/C22H26ClN3OS2/c1-16-5-8-18(9-6-16)28-14-11-21(27)26(13-4-12-25(2)3)22-24-19-10-7-17(23)15-20(19)29-22/h5-10,15H,4,11-14H2,1-3H3. The van der Waals surface area contributed by atoms with Gasteiger partial charge in [-0.3, -0.25) is 9.69 Å². The van der Waals surface area contributed by atoms with Crippen molar-refractivity contribution in [2.45, 2.75) is 24.7 Å². The van der Waals surface area contributed by atoms with Gasteiger partial charge in [-0.25, -0.2) is 4.98 Å². The first-order chi connectivity index (χ1) is 13.9. The molecule has 4 nitrogen and oxygen atoms in total. The smallest absolute Gasteiger partial charge is 0.229 e. The highest BCUT2D eigenvalue weighted by Crippen LogP contribution is 2.31. The second kappa shape index (κ2) is 10.4. The van der Waals surface area contributed by atoms with Crippen molar-refractivity contribution in [2.24, 2.45) is 0 Å². The van der Waals surface area contributed by atoms with E-state index in [-0.39, 0.29) is 5.91 Å². The van der Waals surface area contributed by atoms with Crippen LogP contribution >= 0.6 is 34.7 Å². The molecule has 3 aromatic rings. The first-order valence-corrected chi connectivity index (χ1v) is 11.8. The number of amides is 1. The zero-order valence-electron chi connectivity index (χ0n) is 17.0. The Morgan fingerprint density at radius 1 is 1.14 bits per heavy atom. The molecule has 0 N–H and O–H groups in total. The molecule has 29 heavy (non-hydrogen) atoms. The molecule has 3 rings (SSSR count). The Hall–Kier alpha value is -1.60. The van der Waals surface area contributed by atoms with Gasteiger partial charge in [0, 0.05) is 28.6 Å². The van der Waals surface area contributed by atoms with Gasteiger partial charge in [-0.05, 0) is 64.3 Å². The number of halogens is 1. The minimum Gasteiger partial charge on any atom is -0.309 e. The van der Waals surface area contributed by atoms with E-state index in [9.17, 15) is 4.79 Å². The average Bonchev–Trinajstić information content (AvgIpc) is 3.09. The van der Waals surface area contributed by atoms with Crippen LogP contribution in [0.4, 0.5) is 5.13 Å². The molecule has 0 fully saturated rings. The van der Waals surface area contributed by atoms with Crippen molar-refractivity contribution in [3.05, 3.63) is 53.1 Å². The normalized spacial score (nSPS) is 11.3. The van der Waals surface area contributed by atoms with Gasteiger partial charge in [0.25, 0.3) is 0 Å². The lowest BCUT2D eigenvalue weighted by Gasteiger charge is -2.21. The number of hydrogen-bond acceptors (Lipinski definition) is 5. The van der Waals surface area contributed by atoms with E-state index in [1.807, 2.05) is 37.2 Å². The van der Waals surface area contributed by atoms with Crippen LogP contribution in [0.1, 0.15) is 18.4 Å². The molecule has 1 aromatic heterocycles. The Bertz CT molecular complexity index is 956. The number of aromatic nitrogens is 1. The van der Waals surface area contributed by atoms with Gasteiger partial charge < -0.3 is 4.90 Å². The predicted octanol–water partition coefficient (Wildman–Crippen LogP) is 5.73. The number of aryl methyl sites for hydroxylation is 1. The minimum atomic E-state index is 0.119. The summed E-state index contributed by atoms with van der Waals surface area (Å²) in [6, 6.07) is 14.1. The second-order valence-electron chi connectivity index (χ2n) is 7.22. The quantitative estimate of drug-likeness (QED) is 0.393. The SMILES string of the molecule is Cc1ccc(SCCC(=O)N(CCCN(C)C)c2nc3ccc(Cl)cc3s2)cc1. The summed E-state index contributed by atoms with van der Waals surface area (Å²) in [5, 5.41) is 1.44. The summed E-state index contributed by atoms with van der Waals surface area (Å²) >= 11 is 9.36. The van der Waals surface area contributed by atoms with Crippen LogP contribution in [0.25, 0.3) is 10.2 Å². The van der Waals surface area contributed by atoms with Gasteiger partial charge in [0.15, 0.2) is 5.13 Å². The number of benzene rings is 2. The Morgan fingerprint density at radius 2 is 1.90 bits per heavy atom. The summed E-state index contributed by atoms with van der Waals surface area (Å²) in [5.41, 5.74) is 2.13. The third-order valence-electron chi connectivity index (χ3n) is 4.46. The molecule has 0 aliphatic heterocycles. The summed E-state index contributed by atoms with van der Waals surface area (Å²) < 4.78 is 1.01. The molecule has 0 saturated carbocycles. The van der Waals surface area contributed by atoms with Crippen molar-refractivity contribution in [2.75, 3.05) is 37.8 Å². The Kier molecular flexibility index (Phi) is 7.95. The third kappa shape index (κ3) is 6.44. The van der Waals surface area contributed by atoms with Gasteiger partial charge in [0.1, 0.15) is 0 Å². The van der Waals surface area contributed by atoms with E-state index >= 15 is 0 Å². The van der Waals surface area contributed by atoms with Crippen LogP contribution in [0.3, 0.4) is 0 Å². The highest BCUT2D eigenvalue weighted by atomic mass is 35.5. The molecule has 1 amide bonds. The van der Waals surface area contributed by atoms with E-state index in [4.69, 9.17) is 16.6 Å². The number of carbonyl (C=O) groups is 1. The van der Waals surface area contributed by atoms with E-state index in [1.165, 1.54) is 21.8 Å². The van der Waals surface area contributed by atoms with Crippen LogP contribution in [0.15, 0.2) is 47.4 Å². The fraction of sp³-hybridized carbons (Fsp3) is 0.364. The van der Waals surface area contributed by atoms with Crippen molar-refractivity contribution in [1.29, 1.82) is 0 Å². The predicted molar refractivity (Wildman–Crippen MR) is 127 cm³/mol. The van der Waals surface area contributed by atoms with Crippen LogP contribution < -0.4 is 4.90 Å². The number of hydrogen-bond donors (Lipinski definition) is 0. The second-order valence-corrected chi connectivity index (χ2v) is 9.84. The summed E-state index contributed by atoms with van der Waals surface area (Å²) in [5.74, 6) is 0.872. The third-order valence-corrected chi connectivity index (χ3v) is 6.75. The molecule has 0 atom stereocenters. The average molecular weight is 448 g/mol. The molecule has 2 aromatic carbocycles. The fourth-order valence-corrected chi connectivity index (χ4v) is 5.03. The van der Waals surface area contributed by atoms with E-state index in [2.05, 4.69) is 36.1 Å². The number of anilines is 1. The van der Waals surface area contributed by atoms with Gasteiger partial charge in [-0.1, -0.05) is 40.6 Å². The van der Waals surface area contributed by atoms with E-state index < -0.39 is 0 Å². The van der Waals surface area contributed by atoms with Gasteiger partial charge in [0.2, 0.25) is 5.91 Å². The number of carbonyl (C=O) groups excluding carboxylic acids is 1. The Morgan fingerprint density at radius 3 is 2.62 bits per heavy atom. The Labute approximate surface area is 185 Å². The van der Waals surface area contributed by atoms with Crippen LogP contribution in [-0.4, -0.2) is 48.7 Å². The number of thiazole rings is 1. The first kappa shape index (κ1) is 22.1. The minimum absolute atomic E-state index is 0.119. The van der Waals surface area contributed by atoms with Crippen molar-refractivity contribution >= 4 is 56.0 Å². The van der Waals surface area contributed by atoms with E-state index in [0.29, 0.717) is 18.0 Å². The Balaban J connectivity index is 1.69. The molecule has 154 valence electrons. The first-order valence-electron chi connectivity index (χ1n) is 9.63. The topological polar surface area (TPSA) is 36.4 Å². The van der Waals surface area contributed by atoms with Crippen molar-refractivity contribution in [1.82, 2.24) is 9.88 Å². The van der Waals surface area contributed by atoms with Crippen LogP contribution in [-0.2, 0) is 4.79 Å². The van der Waals surface area contributed by atoms with Crippen LogP contribution in [0.2, 0.25) is 5.02 Å². The van der Waals surface area contributed by atoms with E-state index in [0.717, 1.165) is 34.1 Å². The maximum absolute atomic E-state index is 13.0. The molecule has 7 heteroatoms. The van der Waals surface area contributed by atoms with Gasteiger partial charge in [-0.2, -0.15) is 0 Å². The molecule has 1 heterocycles. The molecule has 0 bridgehead atoms. The van der Waals surface area contributed by atoms with Crippen molar-refractivity contribution in [3.63, 3.8) is 0 Å². The largest absolute Gasteiger partial charge is 0.309 e. The fourth-order valence-electron chi connectivity index (χ4n) is 2.90. The molecular formula is C22H26ClN3OS2. The van der Waals surface area contributed by atoms with Crippen LogP contribution in [0.5, 0.6) is 0 Å². The lowest BCUT2D eigenvalue weighted by Crippen LogP contribution is -2.33.